The topological polar surface area (TPSA) is 46.5 Å². The number of ketones is 2. The van der Waals surface area contributed by atoms with Gasteiger partial charge in [-0.05, 0) is 18.4 Å². The maximum atomic E-state index is 11.8. The molecule has 94 valence electrons. The van der Waals surface area contributed by atoms with Crippen molar-refractivity contribution in [3.8, 4) is 0 Å². The molecule has 0 N–H and O–H groups in total. The fraction of sp³-hybridized carbons (Fsp3) is 0.400. The summed E-state index contributed by atoms with van der Waals surface area (Å²) in [6.07, 6.45) is 4.21. The van der Waals surface area contributed by atoms with Gasteiger partial charge < -0.3 is 0 Å². The lowest BCUT2D eigenvalue weighted by atomic mass is 9.99. The maximum absolute atomic E-state index is 11.8. The highest BCUT2D eigenvalue weighted by atomic mass is 16.1. The van der Waals surface area contributed by atoms with Gasteiger partial charge >= 0.3 is 0 Å². The smallest absolute Gasteiger partial charge is 0.148 e. The standard InChI is InChI=1S/C15H17NO2/c17-14-8-4-5-9-15(18)13(14)11-16-10-12-6-2-1-3-7-12/h1-3,6-7,11,13H,4-5,8-10H2. The van der Waals surface area contributed by atoms with Crippen LogP contribution in [0.3, 0.4) is 0 Å². The van der Waals surface area contributed by atoms with E-state index < -0.39 is 5.92 Å². The van der Waals surface area contributed by atoms with Crippen LogP contribution in [0.2, 0.25) is 0 Å². The second-order valence-electron chi connectivity index (χ2n) is 4.59. The highest BCUT2D eigenvalue weighted by Gasteiger charge is 2.26. The van der Waals surface area contributed by atoms with Gasteiger partial charge in [-0.15, -0.1) is 0 Å². The predicted octanol–water partition coefficient (Wildman–Crippen LogP) is 2.59. The van der Waals surface area contributed by atoms with E-state index in [2.05, 4.69) is 4.99 Å². The first-order valence-corrected chi connectivity index (χ1v) is 6.36. The number of nitrogens with zero attached hydrogens (tertiary/aromatic N) is 1. The first-order chi connectivity index (χ1) is 8.77. The zero-order valence-corrected chi connectivity index (χ0v) is 10.3. The predicted molar refractivity (Wildman–Crippen MR) is 70.6 cm³/mol. The zero-order valence-electron chi connectivity index (χ0n) is 10.3. The van der Waals surface area contributed by atoms with Crippen molar-refractivity contribution in [3.63, 3.8) is 0 Å². The first-order valence-electron chi connectivity index (χ1n) is 6.36. The van der Waals surface area contributed by atoms with Crippen LogP contribution in [0.15, 0.2) is 35.3 Å². The van der Waals surface area contributed by atoms with E-state index in [0.29, 0.717) is 19.4 Å². The van der Waals surface area contributed by atoms with Crippen molar-refractivity contribution >= 4 is 17.8 Å². The van der Waals surface area contributed by atoms with Crippen LogP contribution in [0.4, 0.5) is 0 Å². The Kier molecular flexibility index (Phi) is 4.40. The Morgan fingerprint density at radius 3 is 2.28 bits per heavy atom. The molecule has 0 amide bonds. The first kappa shape index (κ1) is 12.7. The molecule has 0 spiro atoms. The van der Waals surface area contributed by atoms with Crippen LogP contribution < -0.4 is 0 Å². The molecule has 0 saturated heterocycles. The molecule has 3 nitrogen and oxygen atoms in total. The van der Waals surface area contributed by atoms with E-state index in [1.165, 1.54) is 0 Å². The summed E-state index contributed by atoms with van der Waals surface area (Å²) in [5.41, 5.74) is 1.09. The molecule has 1 aliphatic carbocycles. The van der Waals surface area contributed by atoms with E-state index in [-0.39, 0.29) is 11.6 Å². The molecule has 1 saturated carbocycles. The second-order valence-corrected chi connectivity index (χ2v) is 4.59. The van der Waals surface area contributed by atoms with Gasteiger partial charge in [0.1, 0.15) is 17.5 Å². The number of hydrogen-bond acceptors (Lipinski definition) is 3. The van der Waals surface area contributed by atoms with Gasteiger partial charge in [-0.3, -0.25) is 14.6 Å². The summed E-state index contributed by atoms with van der Waals surface area (Å²) >= 11 is 0. The Morgan fingerprint density at radius 1 is 1.06 bits per heavy atom. The van der Waals surface area contributed by atoms with E-state index in [0.717, 1.165) is 18.4 Å². The van der Waals surface area contributed by atoms with Crippen molar-refractivity contribution in [2.45, 2.75) is 32.2 Å². The van der Waals surface area contributed by atoms with Crippen molar-refractivity contribution < 1.29 is 9.59 Å². The van der Waals surface area contributed by atoms with Crippen LogP contribution in [-0.2, 0) is 16.1 Å². The number of hydrogen-bond donors (Lipinski definition) is 0. The monoisotopic (exact) mass is 243 g/mol. The highest BCUT2D eigenvalue weighted by molar-refractivity contribution is 6.14. The second kappa shape index (κ2) is 6.24. The largest absolute Gasteiger partial charge is 0.298 e. The molecule has 1 aromatic rings. The van der Waals surface area contributed by atoms with Crippen LogP contribution in [0.25, 0.3) is 0 Å². The number of benzene rings is 1. The normalized spacial score (nSPS) is 18.2. The van der Waals surface area contributed by atoms with E-state index in [1.54, 1.807) is 6.21 Å². The van der Waals surface area contributed by atoms with Crippen molar-refractivity contribution in [2.75, 3.05) is 0 Å². The van der Waals surface area contributed by atoms with Crippen molar-refractivity contribution in [1.29, 1.82) is 0 Å². The molecular formula is C15H17NO2. The molecule has 2 rings (SSSR count). The third kappa shape index (κ3) is 3.36. The Hall–Kier alpha value is -1.77. The summed E-state index contributed by atoms with van der Waals surface area (Å²) in [6.45, 7) is 0.526. The Morgan fingerprint density at radius 2 is 1.67 bits per heavy atom. The summed E-state index contributed by atoms with van der Waals surface area (Å²) in [4.78, 5) is 27.8. The Labute approximate surface area is 107 Å². The van der Waals surface area contributed by atoms with Crippen LogP contribution in [-0.4, -0.2) is 17.8 Å². The quantitative estimate of drug-likeness (QED) is 0.465. The third-order valence-electron chi connectivity index (χ3n) is 3.16. The highest BCUT2D eigenvalue weighted by Crippen LogP contribution is 2.16. The molecule has 0 aliphatic heterocycles. The summed E-state index contributed by atoms with van der Waals surface area (Å²) in [5, 5.41) is 0. The molecule has 0 aromatic heterocycles. The zero-order chi connectivity index (χ0) is 12.8. The summed E-state index contributed by atoms with van der Waals surface area (Å²) in [7, 11) is 0. The van der Waals surface area contributed by atoms with Crippen LogP contribution in [0, 0.1) is 5.92 Å². The summed E-state index contributed by atoms with van der Waals surface area (Å²) < 4.78 is 0. The van der Waals surface area contributed by atoms with Gasteiger partial charge in [-0.25, -0.2) is 0 Å². The number of aliphatic imine (C=N–C) groups is 1. The molecule has 0 radical (unpaired) electrons. The van der Waals surface area contributed by atoms with E-state index in [9.17, 15) is 9.59 Å². The number of Topliss-reactive ketones (excluding diaryl/α,β-unsaturated/α-hetero) is 2. The lowest BCUT2D eigenvalue weighted by Gasteiger charge is -2.05. The van der Waals surface area contributed by atoms with Crippen LogP contribution in [0.1, 0.15) is 31.2 Å². The summed E-state index contributed by atoms with van der Waals surface area (Å²) in [6, 6.07) is 9.81. The molecule has 0 heterocycles. The third-order valence-corrected chi connectivity index (χ3v) is 3.16. The fourth-order valence-electron chi connectivity index (χ4n) is 2.10. The maximum Gasteiger partial charge on any atom is 0.148 e. The SMILES string of the molecule is O=C1CCCCC(=O)C1C=NCc1ccccc1. The van der Waals surface area contributed by atoms with Crippen molar-refractivity contribution in [2.24, 2.45) is 10.9 Å². The Balaban J connectivity index is 1.98. The molecule has 1 aliphatic rings. The molecule has 1 aromatic carbocycles. The van der Waals surface area contributed by atoms with Gasteiger partial charge in [0, 0.05) is 19.1 Å². The molecule has 0 unspecified atom stereocenters. The number of rotatable bonds is 3. The average molecular weight is 243 g/mol. The van der Waals surface area contributed by atoms with Crippen molar-refractivity contribution in [1.82, 2.24) is 0 Å². The van der Waals surface area contributed by atoms with Crippen LogP contribution >= 0.6 is 0 Å². The minimum atomic E-state index is -0.601. The van der Waals surface area contributed by atoms with Gasteiger partial charge in [0.25, 0.3) is 0 Å². The minimum Gasteiger partial charge on any atom is -0.298 e. The van der Waals surface area contributed by atoms with E-state index >= 15 is 0 Å². The van der Waals surface area contributed by atoms with Crippen molar-refractivity contribution in [3.05, 3.63) is 35.9 Å². The van der Waals surface area contributed by atoms with Gasteiger partial charge in [0.15, 0.2) is 0 Å². The Bertz CT molecular complexity index is 433. The van der Waals surface area contributed by atoms with E-state index in [1.807, 2.05) is 30.3 Å². The molecular weight excluding hydrogens is 226 g/mol. The number of carbonyl (C=O) groups is 2. The van der Waals surface area contributed by atoms with Gasteiger partial charge in [-0.2, -0.15) is 0 Å². The minimum absolute atomic E-state index is 0.0225. The van der Waals surface area contributed by atoms with Crippen LogP contribution in [0.5, 0.6) is 0 Å². The fourth-order valence-corrected chi connectivity index (χ4v) is 2.10. The van der Waals surface area contributed by atoms with E-state index in [4.69, 9.17) is 0 Å². The molecule has 3 heteroatoms. The number of carbonyl (C=O) groups excluding carboxylic acids is 2. The molecule has 0 bridgehead atoms. The van der Waals surface area contributed by atoms with Gasteiger partial charge in [0.2, 0.25) is 0 Å². The van der Waals surface area contributed by atoms with Gasteiger partial charge in [0.05, 0.1) is 6.54 Å². The molecule has 18 heavy (non-hydrogen) atoms. The molecule has 1 fully saturated rings. The lowest BCUT2D eigenvalue weighted by Crippen LogP contribution is -2.23. The average Bonchev–Trinajstić information content (AvgIpc) is 2.54. The lowest BCUT2D eigenvalue weighted by molar-refractivity contribution is -0.128. The van der Waals surface area contributed by atoms with Gasteiger partial charge in [-0.1, -0.05) is 30.3 Å². The summed E-state index contributed by atoms with van der Waals surface area (Å²) in [5.74, 6) is -0.556. The molecule has 0 atom stereocenters.